The fraction of sp³-hybridized carbons (Fsp3) is 0.462. The third-order valence-electron chi connectivity index (χ3n) is 2.25. The molecule has 1 amide bonds. The zero-order valence-electron chi connectivity index (χ0n) is 10.0. The maximum atomic E-state index is 10.9. The minimum Gasteiger partial charge on any atom is -0.494 e. The molecule has 0 spiro atoms. The van der Waals surface area contributed by atoms with Crippen LogP contribution in [0.25, 0.3) is 0 Å². The first kappa shape index (κ1) is 13.8. The SMILES string of the molecule is CCCOc1ccc(CCNC(=O)CCl)cc1. The molecule has 0 bridgehead atoms. The van der Waals surface area contributed by atoms with Crippen LogP contribution >= 0.6 is 11.6 Å². The Morgan fingerprint density at radius 1 is 1.35 bits per heavy atom. The fourth-order valence-electron chi connectivity index (χ4n) is 1.37. The lowest BCUT2D eigenvalue weighted by atomic mass is 10.1. The van der Waals surface area contributed by atoms with Crippen LogP contribution in [0.15, 0.2) is 24.3 Å². The number of carbonyl (C=O) groups is 1. The summed E-state index contributed by atoms with van der Waals surface area (Å²) in [6.07, 6.45) is 1.81. The van der Waals surface area contributed by atoms with Gasteiger partial charge in [-0.15, -0.1) is 11.6 Å². The van der Waals surface area contributed by atoms with Crippen LogP contribution in [-0.2, 0) is 11.2 Å². The Bertz CT molecular complexity index is 338. The molecular weight excluding hydrogens is 238 g/mol. The van der Waals surface area contributed by atoms with Gasteiger partial charge in [0.1, 0.15) is 11.6 Å². The van der Waals surface area contributed by atoms with Gasteiger partial charge in [0.2, 0.25) is 5.91 Å². The van der Waals surface area contributed by atoms with Crippen LogP contribution in [0.2, 0.25) is 0 Å². The zero-order chi connectivity index (χ0) is 12.5. The van der Waals surface area contributed by atoms with E-state index in [1.807, 2.05) is 24.3 Å². The van der Waals surface area contributed by atoms with Crippen molar-refractivity contribution in [1.82, 2.24) is 5.32 Å². The predicted molar refractivity (Wildman–Crippen MR) is 69.7 cm³/mol. The van der Waals surface area contributed by atoms with E-state index in [0.717, 1.165) is 25.2 Å². The molecule has 0 saturated heterocycles. The highest BCUT2D eigenvalue weighted by Crippen LogP contribution is 2.12. The summed E-state index contributed by atoms with van der Waals surface area (Å²) >= 11 is 5.37. The van der Waals surface area contributed by atoms with Crippen LogP contribution in [-0.4, -0.2) is 24.9 Å². The average Bonchev–Trinajstić information content (AvgIpc) is 2.37. The number of ether oxygens (including phenoxy) is 1. The van der Waals surface area contributed by atoms with Crippen LogP contribution in [0.4, 0.5) is 0 Å². The van der Waals surface area contributed by atoms with Crippen LogP contribution in [0, 0.1) is 0 Å². The lowest BCUT2D eigenvalue weighted by Crippen LogP contribution is -2.26. The molecule has 0 aliphatic rings. The second kappa shape index (κ2) is 7.96. The van der Waals surface area contributed by atoms with Crippen molar-refractivity contribution in [3.63, 3.8) is 0 Å². The Kier molecular flexibility index (Phi) is 6.48. The number of hydrogen-bond donors (Lipinski definition) is 1. The molecule has 17 heavy (non-hydrogen) atoms. The molecule has 1 N–H and O–H groups in total. The minimum atomic E-state index is -0.130. The van der Waals surface area contributed by atoms with Gasteiger partial charge in [-0.1, -0.05) is 19.1 Å². The van der Waals surface area contributed by atoms with E-state index in [-0.39, 0.29) is 11.8 Å². The number of halogens is 1. The number of amides is 1. The average molecular weight is 256 g/mol. The standard InChI is InChI=1S/C13H18ClNO2/c1-2-9-17-12-5-3-11(4-6-12)7-8-15-13(16)10-14/h3-6H,2,7-10H2,1H3,(H,15,16). The first-order valence-corrected chi connectivity index (χ1v) is 6.34. The number of nitrogens with one attached hydrogen (secondary N) is 1. The topological polar surface area (TPSA) is 38.3 Å². The third kappa shape index (κ3) is 5.59. The molecule has 0 aliphatic carbocycles. The number of hydrogen-bond acceptors (Lipinski definition) is 2. The molecule has 1 rings (SSSR count). The van der Waals surface area contributed by atoms with Gasteiger partial charge in [-0.3, -0.25) is 4.79 Å². The van der Waals surface area contributed by atoms with E-state index >= 15 is 0 Å². The Hall–Kier alpha value is -1.22. The van der Waals surface area contributed by atoms with Crippen molar-refractivity contribution in [1.29, 1.82) is 0 Å². The molecular formula is C13H18ClNO2. The summed E-state index contributed by atoms with van der Waals surface area (Å²) in [4.78, 5) is 10.9. The second-order valence-corrected chi connectivity index (χ2v) is 3.99. The van der Waals surface area contributed by atoms with Gasteiger partial charge in [0.25, 0.3) is 0 Å². The molecule has 0 radical (unpaired) electrons. The van der Waals surface area contributed by atoms with Crippen LogP contribution in [0.5, 0.6) is 5.75 Å². The van der Waals surface area contributed by atoms with Crippen molar-refractivity contribution in [2.24, 2.45) is 0 Å². The smallest absolute Gasteiger partial charge is 0.234 e. The first-order valence-electron chi connectivity index (χ1n) is 5.80. The van der Waals surface area contributed by atoms with Crippen molar-refractivity contribution >= 4 is 17.5 Å². The van der Waals surface area contributed by atoms with Crippen molar-refractivity contribution < 1.29 is 9.53 Å². The number of rotatable bonds is 7. The van der Waals surface area contributed by atoms with Gasteiger partial charge in [-0.05, 0) is 30.5 Å². The van der Waals surface area contributed by atoms with Crippen LogP contribution in [0.1, 0.15) is 18.9 Å². The summed E-state index contributed by atoms with van der Waals surface area (Å²) in [5.41, 5.74) is 1.17. The van der Waals surface area contributed by atoms with E-state index in [9.17, 15) is 4.79 Å². The lowest BCUT2D eigenvalue weighted by Gasteiger charge is -2.06. The Balaban J connectivity index is 2.32. The van der Waals surface area contributed by atoms with Crippen LogP contribution in [0.3, 0.4) is 0 Å². The molecule has 0 aromatic heterocycles. The molecule has 1 aromatic carbocycles. The monoisotopic (exact) mass is 255 g/mol. The molecule has 0 saturated carbocycles. The molecule has 0 atom stereocenters. The summed E-state index contributed by atoms with van der Waals surface area (Å²) in [6.45, 7) is 3.43. The largest absolute Gasteiger partial charge is 0.494 e. The second-order valence-electron chi connectivity index (χ2n) is 3.73. The molecule has 0 aliphatic heterocycles. The maximum absolute atomic E-state index is 10.9. The van der Waals surface area contributed by atoms with Gasteiger partial charge < -0.3 is 10.1 Å². The van der Waals surface area contributed by atoms with Gasteiger partial charge in [0, 0.05) is 6.54 Å². The van der Waals surface area contributed by atoms with E-state index in [1.165, 1.54) is 5.56 Å². The summed E-state index contributed by atoms with van der Waals surface area (Å²) < 4.78 is 5.48. The minimum absolute atomic E-state index is 0.0177. The van der Waals surface area contributed by atoms with Crippen molar-refractivity contribution in [3.05, 3.63) is 29.8 Å². The van der Waals surface area contributed by atoms with Gasteiger partial charge in [-0.25, -0.2) is 0 Å². The predicted octanol–water partition coefficient (Wildman–Crippen LogP) is 2.37. The van der Waals surface area contributed by atoms with Gasteiger partial charge in [0.15, 0.2) is 0 Å². The van der Waals surface area contributed by atoms with Gasteiger partial charge in [-0.2, -0.15) is 0 Å². The lowest BCUT2D eigenvalue weighted by molar-refractivity contribution is -0.118. The van der Waals surface area contributed by atoms with E-state index in [4.69, 9.17) is 16.3 Å². The Morgan fingerprint density at radius 2 is 2.06 bits per heavy atom. The summed E-state index contributed by atoms with van der Waals surface area (Å²) in [5.74, 6) is 0.777. The quantitative estimate of drug-likeness (QED) is 0.760. The number of benzene rings is 1. The Morgan fingerprint density at radius 3 is 2.65 bits per heavy atom. The summed E-state index contributed by atoms with van der Waals surface area (Å²) in [7, 11) is 0. The number of alkyl halides is 1. The first-order chi connectivity index (χ1) is 8.26. The summed E-state index contributed by atoms with van der Waals surface area (Å²) in [6, 6.07) is 7.93. The highest BCUT2D eigenvalue weighted by molar-refractivity contribution is 6.27. The van der Waals surface area contributed by atoms with E-state index in [1.54, 1.807) is 0 Å². The highest BCUT2D eigenvalue weighted by Gasteiger charge is 1.98. The van der Waals surface area contributed by atoms with Crippen LogP contribution < -0.4 is 10.1 Å². The van der Waals surface area contributed by atoms with E-state index in [2.05, 4.69) is 12.2 Å². The fourth-order valence-corrected chi connectivity index (χ4v) is 1.46. The van der Waals surface area contributed by atoms with Gasteiger partial charge in [0.05, 0.1) is 6.61 Å². The molecule has 0 fully saturated rings. The van der Waals surface area contributed by atoms with E-state index < -0.39 is 0 Å². The Labute approximate surface area is 107 Å². The maximum Gasteiger partial charge on any atom is 0.234 e. The molecule has 94 valence electrons. The van der Waals surface area contributed by atoms with Crippen molar-refractivity contribution in [3.8, 4) is 5.75 Å². The highest BCUT2D eigenvalue weighted by atomic mass is 35.5. The summed E-state index contributed by atoms with van der Waals surface area (Å²) in [5, 5.41) is 2.73. The van der Waals surface area contributed by atoms with Gasteiger partial charge >= 0.3 is 0 Å². The third-order valence-corrected chi connectivity index (χ3v) is 2.50. The van der Waals surface area contributed by atoms with Crippen molar-refractivity contribution in [2.45, 2.75) is 19.8 Å². The molecule has 1 aromatic rings. The molecule has 0 unspecified atom stereocenters. The van der Waals surface area contributed by atoms with E-state index in [0.29, 0.717) is 6.54 Å². The molecule has 4 heteroatoms. The normalized spacial score (nSPS) is 10.0. The zero-order valence-corrected chi connectivity index (χ0v) is 10.8. The molecule has 0 heterocycles. The van der Waals surface area contributed by atoms with Crippen molar-refractivity contribution in [2.75, 3.05) is 19.0 Å². The number of carbonyl (C=O) groups excluding carboxylic acids is 1. The molecule has 3 nitrogen and oxygen atoms in total.